The van der Waals surface area contributed by atoms with Gasteiger partial charge >= 0.3 is 0 Å². The van der Waals surface area contributed by atoms with Crippen LogP contribution >= 0.6 is 0 Å². The molecule has 0 amide bonds. The minimum absolute atomic E-state index is 0.143. The molecule has 0 N–H and O–H groups in total. The topological polar surface area (TPSA) is 23.8 Å². The standard InChI is InChI=1S/C15H25N.C2H6/c1-6-7-8-13(2)9-10-15(4,5)11-14(3)12-16;1-2/h6-7,11,13H,8-10H2,1-5H3;1-2H3/b7-6-,14-11+;. The Morgan fingerprint density at radius 1 is 1.33 bits per heavy atom. The van der Waals surface area contributed by atoms with E-state index in [1.165, 1.54) is 6.42 Å². The highest BCUT2D eigenvalue weighted by Crippen LogP contribution is 2.28. The maximum absolute atomic E-state index is 8.76. The van der Waals surface area contributed by atoms with Crippen LogP contribution in [0, 0.1) is 22.7 Å². The van der Waals surface area contributed by atoms with Crippen LogP contribution in [0.1, 0.15) is 67.7 Å². The Labute approximate surface area is 115 Å². The van der Waals surface area contributed by atoms with Crippen molar-refractivity contribution in [3.05, 3.63) is 23.8 Å². The van der Waals surface area contributed by atoms with Gasteiger partial charge < -0.3 is 0 Å². The molecule has 0 spiro atoms. The molecule has 0 fully saturated rings. The first-order valence-corrected chi connectivity index (χ1v) is 7.12. The van der Waals surface area contributed by atoms with E-state index in [-0.39, 0.29) is 5.41 Å². The molecule has 0 saturated heterocycles. The highest BCUT2D eigenvalue weighted by Gasteiger charge is 2.16. The minimum Gasteiger partial charge on any atom is -0.193 e. The first-order valence-electron chi connectivity index (χ1n) is 7.12. The normalized spacial score (nSPS) is 13.8. The van der Waals surface area contributed by atoms with Gasteiger partial charge in [-0.25, -0.2) is 0 Å². The lowest BCUT2D eigenvalue weighted by molar-refractivity contribution is 0.372. The number of nitriles is 1. The monoisotopic (exact) mass is 249 g/mol. The van der Waals surface area contributed by atoms with E-state index in [0.717, 1.165) is 24.3 Å². The molecule has 0 bridgehead atoms. The maximum Gasteiger partial charge on any atom is 0.0940 e. The zero-order valence-corrected chi connectivity index (χ0v) is 13.4. The molecule has 0 aliphatic heterocycles. The summed E-state index contributed by atoms with van der Waals surface area (Å²) in [5, 5.41) is 8.76. The predicted octanol–water partition coefficient (Wildman–Crippen LogP) is 5.89. The third-order valence-electron chi connectivity index (χ3n) is 2.84. The second-order valence-electron chi connectivity index (χ2n) is 5.38. The summed E-state index contributed by atoms with van der Waals surface area (Å²) >= 11 is 0. The summed E-state index contributed by atoms with van der Waals surface area (Å²) in [5.74, 6) is 0.728. The molecule has 0 aliphatic carbocycles. The van der Waals surface area contributed by atoms with Crippen LogP contribution in [0.15, 0.2) is 23.8 Å². The highest BCUT2D eigenvalue weighted by molar-refractivity contribution is 5.20. The van der Waals surface area contributed by atoms with Crippen LogP contribution in [0.25, 0.3) is 0 Å². The third-order valence-corrected chi connectivity index (χ3v) is 2.84. The molecule has 0 saturated carbocycles. The molecule has 1 unspecified atom stereocenters. The second-order valence-corrected chi connectivity index (χ2v) is 5.38. The molecule has 0 heterocycles. The zero-order chi connectivity index (χ0) is 14.6. The van der Waals surface area contributed by atoms with Crippen molar-refractivity contribution in [2.75, 3.05) is 0 Å². The molecular weight excluding hydrogens is 218 g/mol. The molecule has 0 aliphatic rings. The molecule has 1 atom stereocenters. The van der Waals surface area contributed by atoms with E-state index < -0.39 is 0 Å². The van der Waals surface area contributed by atoms with Crippen molar-refractivity contribution in [1.29, 1.82) is 5.26 Å². The number of nitrogens with zero attached hydrogens (tertiary/aromatic N) is 1. The van der Waals surface area contributed by atoms with Crippen molar-refractivity contribution >= 4 is 0 Å². The van der Waals surface area contributed by atoms with Gasteiger partial charge in [0, 0.05) is 5.57 Å². The lowest BCUT2D eigenvalue weighted by Crippen LogP contribution is -2.10. The molecule has 0 rings (SSSR count). The zero-order valence-electron chi connectivity index (χ0n) is 13.4. The summed E-state index contributed by atoms with van der Waals surface area (Å²) in [5.41, 5.74) is 0.968. The van der Waals surface area contributed by atoms with Gasteiger partial charge in [-0.05, 0) is 44.4 Å². The van der Waals surface area contributed by atoms with Crippen molar-refractivity contribution in [2.24, 2.45) is 11.3 Å². The second kappa shape index (κ2) is 11.1. The van der Waals surface area contributed by atoms with Gasteiger partial charge in [-0.3, -0.25) is 0 Å². The van der Waals surface area contributed by atoms with Crippen molar-refractivity contribution in [2.45, 2.75) is 67.7 Å². The van der Waals surface area contributed by atoms with E-state index in [4.69, 9.17) is 5.26 Å². The summed E-state index contributed by atoms with van der Waals surface area (Å²) in [4.78, 5) is 0. The van der Waals surface area contributed by atoms with Crippen molar-refractivity contribution < 1.29 is 0 Å². The number of rotatable bonds is 6. The summed E-state index contributed by atoms with van der Waals surface area (Å²) in [6, 6.07) is 2.19. The van der Waals surface area contributed by atoms with E-state index in [2.05, 4.69) is 52.0 Å². The molecule has 0 aromatic heterocycles. The number of hydrogen-bond acceptors (Lipinski definition) is 1. The van der Waals surface area contributed by atoms with Crippen molar-refractivity contribution in [1.82, 2.24) is 0 Å². The van der Waals surface area contributed by atoms with Gasteiger partial charge in [0.1, 0.15) is 0 Å². The molecule has 18 heavy (non-hydrogen) atoms. The third kappa shape index (κ3) is 11.5. The molecule has 0 aromatic rings. The summed E-state index contributed by atoms with van der Waals surface area (Å²) in [7, 11) is 0. The summed E-state index contributed by atoms with van der Waals surface area (Å²) in [6.07, 6.45) is 9.95. The minimum atomic E-state index is 0.143. The quantitative estimate of drug-likeness (QED) is 0.425. The van der Waals surface area contributed by atoms with Crippen LogP contribution in [0.5, 0.6) is 0 Å². The first-order chi connectivity index (χ1) is 8.41. The van der Waals surface area contributed by atoms with Crippen LogP contribution in [0.2, 0.25) is 0 Å². The molecule has 1 nitrogen and oxygen atoms in total. The van der Waals surface area contributed by atoms with E-state index in [0.29, 0.717) is 0 Å². The largest absolute Gasteiger partial charge is 0.193 e. The van der Waals surface area contributed by atoms with Gasteiger partial charge in [0.2, 0.25) is 0 Å². The fourth-order valence-electron chi connectivity index (χ4n) is 1.80. The van der Waals surface area contributed by atoms with Gasteiger partial charge in [0.25, 0.3) is 0 Å². The summed E-state index contributed by atoms with van der Waals surface area (Å²) in [6.45, 7) is 14.6. The van der Waals surface area contributed by atoms with Gasteiger partial charge in [-0.1, -0.05) is 52.8 Å². The Kier molecular flexibility index (Phi) is 11.9. The Morgan fingerprint density at radius 3 is 2.33 bits per heavy atom. The molecule has 1 heteroatoms. The Balaban J connectivity index is 0. The smallest absolute Gasteiger partial charge is 0.0940 e. The Hall–Kier alpha value is -1.03. The van der Waals surface area contributed by atoms with E-state index in [1.54, 1.807) is 0 Å². The fraction of sp³-hybridized carbons (Fsp3) is 0.706. The molecule has 104 valence electrons. The van der Waals surface area contributed by atoms with Gasteiger partial charge in [-0.15, -0.1) is 0 Å². The molecule has 0 radical (unpaired) electrons. The van der Waals surface area contributed by atoms with Gasteiger partial charge in [-0.2, -0.15) is 5.26 Å². The first kappa shape index (κ1) is 19.3. The molecule has 0 aromatic carbocycles. The lowest BCUT2D eigenvalue weighted by Gasteiger charge is -2.22. The number of allylic oxidation sites excluding steroid dienone is 4. The van der Waals surface area contributed by atoms with E-state index >= 15 is 0 Å². The fourth-order valence-corrected chi connectivity index (χ4v) is 1.80. The lowest BCUT2D eigenvalue weighted by atomic mass is 9.83. The SMILES string of the molecule is C/C=C\CC(C)CCC(C)(C)/C=C(\C)C#N.CC. The van der Waals surface area contributed by atoms with Crippen LogP contribution in [-0.4, -0.2) is 0 Å². The van der Waals surface area contributed by atoms with Crippen LogP contribution in [0.4, 0.5) is 0 Å². The Morgan fingerprint density at radius 2 is 1.89 bits per heavy atom. The average Bonchev–Trinajstić information content (AvgIpc) is 2.35. The highest BCUT2D eigenvalue weighted by atomic mass is 14.3. The average molecular weight is 249 g/mol. The predicted molar refractivity (Wildman–Crippen MR) is 82.3 cm³/mol. The van der Waals surface area contributed by atoms with Crippen molar-refractivity contribution in [3.63, 3.8) is 0 Å². The summed E-state index contributed by atoms with van der Waals surface area (Å²) < 4.78 is 0. The molecular formula is C17H31N. The maximum atomic E-state index is 8.76. The van der Waals surface area contributed by atoms with Gasteiger partial charge in [0.05, 0.1) is 6.07 Å². The van der Waals surface area contributed by atoms with Crippen LogP contribution in [-0.2, 0) is 0 Å². The Bertz CT molecular complexity index is 289. The van der Waals surface area contributed by atoms with Crippen LogP contribution < -0.4 is 0 Å². The van der Waals surface area contributed by atoms with Crippen LogP contribution in [0.3, 0.4) is 0 Å². The van der Waals surface area contributed by atoms with Crippen molar-refractivity contribution in [3.8, 4) is 6.07 Å². The van der Waals surface area contributed by atoms with E-state index in [9.17, 15) is 0 Å². The van der Waals surface area contributed by atoms with Gasteiger partial charge in [0.15, 0.2) is 0 Å². The van der Waals surface area contributed by atoms with E-state index in [1.807, 2.05) is 20.8 Å². The number of hydrogen-bond donors (Lipinski definition) is 0.